The summed E-state index contributed by atoms with van der Waals surface area (Å²) in [5.41, 5.74) is 5.49. The summed E-state index contributed by atoms with van der Waals surface area (Å²) >= 11 is 9.35. The molecule has 1 aromatic rings. The van der Waals surface area contributed by atoms with E-state index in [1.54, 1.807) is 23.5 Å². The van der Waals surface area contributed by atoms with Crippen LogP contribution in [-0.2, 0) is 16.6 Å². The zero-order valence-corrected chi connectivity index (χ0v) is 14.3. The number of hydrogen-bond donors (Lipinski definition) is 2. The number of hydrogen-bond acceptors (Lipinski definition) is 5. The number of nitrogens with two attached hydrogens (primary N) is 1. The predicted octanol–water partition coefficient (Wildman–Crippen LogP) is 2.06. The van der Waals surface area contributed by atoms with Crippen LogP contribution in [0.25, 0.3) is 0 Å². The molecule has 2 rings (SSSR count). The third-order valence-corrected chi connectivity index (χ3v) is 7.46. The summed E-state index contributed by atoms with van der Waals surface area (Å²) in [6.45, 7) is 0.175. The van der Waals surface area contributed by atoms with Crippen molar-refractivity contribution < 1.29 is 12.8 Å². The van der Waals surface area contributed by atoms with Gasteiger partial charge in [-0.3, -0.25) is 0 Å². The van der Waals surface area contributed by atoms with Gasteiger partial charge in [0.1, 0.15) is 10.7 Å². The van der Waals surface area contributed by atoms with Crippen LogP contribution in [0, 0.1) is 5.82 Å². The number of nitrogens with one attached hydrogen (secondary N) is 1. The molecule has 0 aromatic heterocycles. The van der Waals surface area contributed by atoms with Gasteiger partial charge in [0.25, 0.3) is 0 Å². The van der Waals surface area contributed by atoms with Crippen molar-refractivity contribution in [3.05, 3.63) is 28.5 Å². The molecule has 4 nitrogen and oxygen atoms in total. The fourth-order valence-corrected chi connectivity index (χ4v) is 6.15. The summed E-state index contributed by atoms with van der Waals surface area (Å²) in [5.74, 6) is 2.13. The molecule has 0 saturated carbocycles. The van der Waals surface area contributed by atoms with Gasteiger partial charge in [-0.05, 0) is 12.1 Å². The lowest BCUT2D eigenvalue weighted by atomic mass is 10.2. The summed E-state index contributed by atoms with van der Waals surface area (Å²) in [5, 5.41) is 0.356. The maximum atomic E-state index is 14.1. The molecule has 1 aliphatic rings. The molecule has 1 saturated heterocycles. The first kappa shape index (κ1) is 17.4. The number of rotatable bonds is 5. The van der Waals surface area contributed by atoms with Crippen LogP contribution in [-0.4, -0.2) is 37.5 Å². The topological polar surface area (TPSA) is 72.2 Å². The molecular weight excluding hydrogens is 355 g/mol. The van der Waals surface area contributed by atoms with Gasteiger partial charge in [0.2, 0.25) is 10.0 Å². The quantitative estimate of drug-likeness (QED) is 0.830. The van der Waals surface area contributed by atoms with E-state index in [9.17, 15) is 12.8 Å². The monoisotopic (exact) mass is 370 g/mol. The molecule has 1 atom stereocenters. The average Bonchev–Trinajstić information content (AvgIpc) is 2.48. The molecular formula is C12H16ClFN2O2S3. The van der Waals surface area contributed by atoms with Crippen molar-refractivity contribution in [2.45, 2.75) is 16.7 Å². The molecule has 0 spiro atoms. The SMILES string of the molecule is NCc1cc(Cl)cc(S(=O)(=O)NCC2CSCCS2)c1F. The van der Waals surface area contributed by atoms with Crippen LogP contribution in [0.15, 0.2) is 17.0 Å². The molecule has 1 heterocycles. The number of sulfonamides is 1. The number of benzene rings is 1. The second-order valence-electron chi connectivity index (χ2n) is 4.50. The fourth-order valence-electron chi connectivity index (χ4n) is 1.90. The Morgan fingerprint density at radius 3 is 2.81 bits per heavy atom. The van der Waals surface area contributed by atoms with Crippen LogP contribution in [0.3, 0.4) is 0 Å². The van der Waals surface area contributed by atoms with Crippen molar-refractivity contribution >= 4 is 45.1 Å². The zero-order valence-electron chi connectivity index (χ0n) is 11.1. The van der Waals surface area contributed by atoms with Gasteiger partial charge in [-0.2, -0.15) is 23.5 Å². The van der Waals surface area contributed by atoms with Crippen molar-refractivity contribution in [3.63, 3.8) is 0 Å². The van der Waals surface area contributed by atoms with Gasteiger partial charge in [0, 0.05) is 46.2 Å². The Morgan fingerprint density at radius 1 is 1.43 bits per heavy atom. The summed E-state index contributed by atoms with van der Waals surface area (Å²) in [4.78, 5) is -0.441. The lowest BCUT2D eigenvalue weighted by Crippen LogP contribution is -2.34. The minimum Gasteiger partial charge on any atom is -0.326 e. The first-order valence-electron chi connectivity index (χ1n) is 6.31. The third-order valence-electron chi connectivity index (χ3n) is 2.97. The second kappa shape index (κ2) is 7.52. The predicted molar refractivity (Wildman–Crippen MR) is 88.1 cm³/mol. The summed E-state index contributed by atoms with van der Waals surface area (Å²) in [6, 6.07) is 2.45. The normalized spacial score (nSPS) is 19.7. The largest absolute Gasteiger partial charge is 0.326 e. The molecule has 1 unspecified atom stereocenters. The van der Waals surface area contributed by atoms with E-state index in [4.69, 9.17) is 17.3 Å². The molecule has 0 amide bonds. The van der Waals surface area contributed by atoms with Gasteiger partial charge in [0.15, 0.2) is 0 Å². The fraction of sp³-hybridized carbons (Fsp3) is 0.500. The van der Waals surface area contributed by atoms with Crippen LogP contribution >= 0.6 is 35.1 Å². The highest BCUT2D eigenvalue weighted by atomic mass is 35.5. The van der Waals surface area contributed by atoms with E-state index < -0.39 is 20.7 Å². The van der Waals surface area contributed by atoms with Gasteiger partial charge < -0.3 is 5.73 Å². The molecule has 0 bridgehead atoms. The Hall–Kier alpha value is 0.01000. The maximum Gasteiger partial charge on any atom is 0.243 e. The molecule has 118 valence electrons. The second-order valence-corrected chi connectivity index (χ2v) is 9.23. The van der Waals surface area contributed by atoms with Gasteiger partial charge in [0.05, 0.1) is 0 Å². The van der Waals surface area contributed by atoms with Crippen LogP contribution in [0.4, 0.5) is 4.39 Å². The van der Waals surface area contributed by atoms with E-state index in [1.165, 1.54) is 6.07 Å². The molecule has 1 fully saturated rings. The van der Waals surface area contributed by atoms with E-state index in [0.29, 0.717) is 0 Å². The van der Waals surface area contributed by atoms with Crippen LogP contribution in [0.2, 0.25) is 5.02 Å². The Bertz CT molecular complexity index is 607. The third kappa shape index (κ3) is 4.49. The van der Waals surface area contributed by atoms with Gasteiger partial charge in [-0.1, -0.05) is 11.6 Å². The summed E-state index contributed by atoms with van der Waals surface area (Å²) in [7, 11) is -3.93. The number of thioether (sulfide) groups is 2. The first-order chi connectivity index (χ1) is 9.94. The van der Waals surface area contributed by atoms with Crippen molar-refractivity contribution in [1.29, 1.82) is 0 Å². The summed E-state index contributed by atoms with van der Waals surface area (Å²) < 4.78 is 41.1. The van der Waals surface area contributed by atoms with Crippen molar-refractivity contribution in [2.75, 3.05) is 23.8 Å². The summed E-state index contributed by atoms with van der Waals surface area (Å²) in [6.07, 6.45) is 0. The first-order valence-corrected chi connectivity index (χ1v) is 10.4. The average molecular weight is 371 g/mol. The van der Waals surface area contributed by atoms with E-state index in [2.05, 4.69) is 4.72 Å². The standard InChI is InChI=1S/C12H16ClFN2O2S3/c13-9-3-8(5-15)12(14)11(4-9)21(17,18)16-6-10-7-19-1-2-20-10/h3-4,10,16H,1-2,5-7,15H2. The van der Waals surface area contributed by atoms with E-state index in [1.807, 2.05) is 0 Å². The Balaban J connectivity index is 2.17. The maximum absolute atomic E-state index is 14.1. The molecule has 3 N–H and O–H groups in total. The van der Waals surface area contributed by atoms with E-state index >= 15 is 0 Å². The van der Waals surface area contributed by atoms with Gasteiger partial charge >= 0.3 is 0 Å². The Labute approximate surface area is 137 Å². The van der Waals surface area contributed by atoms with Gasteiger partial charge in [-0.15, -0.1) is 0 Å². The van der Waals surface area contributed by atoms with Crippen molar-refractivity contribution in [2.24, 2.45) is 5.73 Å². The zero-order chi connectivity index (χ0) is 15.5. The van der Waals surface area contributed by atoms with Crippen molar-refractivity contribution in [3.8, 4) is 0 Å². The highest BCUT2D eigenvalue weighted by Gasteiger charge is 2.24. The minimum atomic E-state index is -3.93. The molecule has 21 heavy (non-hydrogen) atoms. The lowest BCUT2D eigenvalue weighted by Gasteiger charge is -2.21. The van der Waals surface area contributed by atoms with Gasteiger partial charge in [-0.25, -0.2) is 17.5 Å². The smallest absolute Gasteiger partial charge is 0.243 e. The Morgan fingerprint density at radius 2 is 2.19 bits per heavy atom. The van der Waals surface area contributed by atoms with E-state index in [-0.39, 0.29) is 28.9 Å². The molecule has 1 aliphatic heterocycles. The molecule has 0 aliphatic carbocycles. The Kier molecular flexibility index (Phi) is 6.22. The van der Waals surface area contributed by atoms with Crippen LogP contribution < -0.4 is 10.5 Å². The van der Waals surface area contributed by atoms with Crippen molar-refractivity contribution in [1.82, 2.24) is 4.72 Å². The van der Waals surface area contributed by atoms with E-state index in [0.717, 1.165) is 23.3 Å². The molecule has 1 aromatic carbocycles. The molecule has 0 radical (unpaired) electrons. The molecule has 9 heteroatoms. The highest BCUT2D eigenvalue weighted by Crippen LogP contribution is 2.26. The lowest BCUT2D eigenvalue weighted by molar-refractivity contribution is 0.550. The highest BCUT2D eigenvalue weighted by molar-refractivity contribution is 8.06. The van der Waals surface area contributed by atoms with Crippen LogP contribution in [0.1, 0.15) is 5.56 Å². The number of halogens is 2. The van der Waals surface area contributed by atoms with Crippen LogP contribution in [0.5, 0.6) is 0 Å². The minimum absolute atomic E-state index is 0.0884.